The molecule has 1 atom stereocenters. The number of carbonyl (C=O) groups is 3. The molecule has 0 saturated heterocycles. The van der Waals surface area contributed by atoms with Crippen molar-refractivity contribution >= 4 is 23.5 Å². The maximum absolute atomic E-state index is 12.1. The lowest BCUT2D eigenvalue weighted by molar-refractivity contribution is -0.155. The van der Waals surface area contributed by atoms with Crippen LogP contribution in [0.4, 0.5) is 5.69 Å². The molecule has 138 valence electrons. The minimum atomic E-state index is -1.11. The van der Waals surface area contributed by atoms with Gasteiger partial charge in [0, 0.05) is 0 Å². The number of ether oxygens (including phenoxy) is 2. The van der Waals surface area contributed by atoms with E-state index in [2.05, 4.69) is 5.32 Å². The van der Waals surface area contributed by atoms with Crippen LogP contribution in [0.15, 0.2) is 48.5 Å². The molecule has 8 nitrogen and oxygen atoms in total. The predicted octanol–water partition coefficient (Wildman–Crippen LogP) is 1.61. The van der Waals surface area contributed by atoms with Crippen molar-refractivity contribution < 1.29 is 23.9 Å². The molecule has 2 aromatic rings. The van der Waals surface area contributed by atoms with Crippen LogP contribution in [0, 0.1) is 11.3 Å². The summed E-state index contributed by atoms with van der Waals surface area (Å²) in [5, 5.41) is 11.5. The molecule has 3 N–H and O–H groups in total. The highest BCUT2D eigenvalue weighted by Gasteiger charge is 2.20. The number of benzene rings is 2. The molecule has 0 bridgehead atoms. The number of para-hydroxylation sites is 2. The lowest BCUT2D eigenvalue weighted by Gasteiger charge is -2.15. The van der Waals surface area contributed by atoms with Crippen LogP contribution in [0.3, 0.4) is 0 Å². The Balaban J connectivity index is 1.91. The number of anilines is 1. The standard InChI is InChI=1S/C19H17N3O5/c1-12(19(25)22-15-8-4-2-6-13(15)10-20)27-17(23)11-26-16-9-5-3-7-14(16)18(21)24/h2-9,12H,11H2,1H3,(H2,21,24)(H,22,25)/t12-/m0/s1. The van der Waals surface area contributed by atoms with Crippen molar-refractivity contribution in [2.75, 3.05) is 11.9 Å². The van der Waals surface area contributed by atoms with Crippen LogP contribution >= 0.6 is 0 Å². The zero-order chi connectivity index (χ0) is 19.8. The molecule has 0 aliphatic rings. The topological polar surface area (TPSA) is 132 Å². The normalized spacial score (nSPS) is 11.0. The first-order valence-electron chi connectivity index (χ1n) is 7.93. The highest BCUT2D eigenvalue weighted by atomic mass is 16.6. The number of hydrogen-bond acceptors (Lipinski definition) is 6. The molecule has 0 fully saturated rings. The largest absolute Gasteiger partial charge is 0.481 e. The summed E-state index contributed by atoms with van der Waals surface area (Å²) in [5.74, 6) is -1.95. The second-order valence-electron chi connectivity index (χ2n) is 5.43. The summed E-state index contributed by atoms with van der Waals surface area (Å²) >= 11 is 0. The lowest BCUT2D eigenvalue weighted by Crippen LogP contribution is -2.32. The van der Waals surface area contributed by atoms with E-state index in [1.54, 1.807) is 36.4 Å². The SMILES string of the molecule is C[C@H](OC(=O)COc1ccccc1C(N)=O)C(=O)Nc1ccccc1C#N. The van der Waals surface area contributed by atoms with Crippen molar-refractivity contribution in [1.29, 1.82) is 5.26 Å². The predicted molar refractivity (Wildman–Crippen MR) is 95.8 cm³/mol. The van der Waals surface area contributed by atoms with Crippen LogP contribution in [0.2, 0.25) is 0 Å². The average molecular weight is 367 g/mol. The number of primary amides is 1. The maximum atomic E-state index is 12.1. The van der Waals surface area contributed by atoms with Crippen molar-refractivity contribution in [3.63, 3.8) is 0 Å². The van der Waals surface area contributed by atoms with Gasteiger partial charge in [0.25, 0.3) is 11.8 Å². The Labute approximate surface area is 155 Å². The van der Waals surface area contributed by atoms with Crippen molar-refractivity contribution in [3.05, 3.63) is 59.7 Å². The molecule has 0 aliphatic heterocycles. The van der Waals surface area contributed by atoms with Gasteiger partial charge in [-0.05, 0) is 31.2 Å². The van der Waals surface area contributed by atoms with E-state index in [9.17, 15) is 14.4 Å². The first kappa shape index (κ1) is 19.5. The number of nitrogens with two attached hydrogens (primary N) is 1. The highest BCUT2D eigenvalue weighted by molar-refractivity contribution is 5.96. The van der Waals surface area contributed by atoms with E-state index in [0.717, 1.165) is 0 Å². The molecule has 2 amide bonds. The molecule has 0 radical (unpaired) electrons. The molecule has 2 rings (SSSR count). The number of amides is 2. The van der Waals surface area contributed by atoms with Gasteiger partial charge in [-0.3, -0.25) is 9.59 Å². The Morgan fingerprint density at radius 3 is 2.52 bits per heavy atom. The Kier molecular flexibility index (Phi) is 6.49. The van der Waals surface area contributed by atoms with Crippen LogP contribution in [-0.2, 0) is 14.3 Å². The smallest absolute Gasteiger partial charge is 0.344 e. The van der Waals surface area contributed by atoms with E-state index in [-0.39, 0.29) is 16.9 Å². The summed E-state index contributed by atoms with van der Waals surface area (Å²) in [5.41, 5.74) is 5.96. The van der Waals surface area contributed by atoms with Gasteiger partial charge in [0.2, 0.25) is 0 Å². The first-order valence-corrected chi connectivity index (χ1v) is 7.93. The fraction of sp³-hybridized carbons (Fsp3) is 0.158. The molecule has 2 aromatic carbocycles. The molecule has 0 unspecified atom stereocenters. The van der Waals surface area contributed by atoms with Gasteiger partial charge in [0.05, 0.1) is 16.8 Å². The van der Waals surface area contributed by atoms with Crippen molar-refractivity contribution in [2.45, 2.75) is 13.0 Å². The summed E-state index contributed by atoms with van der Waals surface area (Å²) in [7, 11) is 0. The van der Waals surface area contributed by atoms with E-state index >= 15 is 0 Å². The van der Waals surface area contributed by atoms with Gasteiger partial charge in [-0.15, -0.1) is 0 Å². The van der Waals surface area contributed by atoms with Gasteiger partial charge in [-0.1, -0.05) is 24.3 Å². The first-order chi connectivity index (χ1) is 12.9. The minimum absolute atomic E-state index is 0.129. The Bertz CT molecular complexity index is 904. The zero-order valence-corrected chi connectivity index (χ0v) is 14.5. The second kappa shape index (κ2) is 9.01. The van der Waals surface area contributed by atoms with E-state index in [4.69, 9.17) is 20.5 Å². The lowest BCUT2D eigenvalue weighted by atomic mass is 10.2. The maximum Gasteiger partial charge on any atom is 0.344 e. The second-order valence-corrected chi connectivity index (χ2v) is 5.43. The Morgan fingerprint density at radius 2 is 1.81 bits per heavy atom. The fourth-order valence-electron chi connectivity index (χ4n) is 2.14. The number of nitrogens with one attached hydrogen (secondary N) is 1. The van der Waals surface area contributed by atoms with Gasteiger partial charge >= 0.3 is 5.97 Å². The minimum Gasteiger partial charge on any atom is -0.481 e. The molecule has 0 spiro atoms. The molecular weight excluding hydrogens is 350 g/mol. The number of esters is 1. The van der Waals surface area contributed by atoms with Gasteiger partial charge in [-0.2, -0.15) is 5.26 Å². The van der Waals surface area contributed by atoms with Gasteiger partial charge in [0.15, 0.2) is 12.7 Å². The Hall–Kier alpha value is -3.86. The number of hydrogen-bond donors (Lipinski definition) is 2. The van der Waals surface area contributed by atoms with E-state index in [0.29, 0.717) is 5.69 Å². The molecule has 27 heavy (non-hydrogen) atoms. The van der Waals surface area contributed by atoms with Gasteiger partial charge in [-0.25, -0.2) is 4.79 Å². The van der Waals surface area contributed by atoms with Crippen molar-refractivity contribution in [3.8, 4) is 11.8 Å². The van der Waals surface area contributed by atoms with Crippen molar-refractivity contribution in [1.82, 2.24) is 0 Å². The third-order valence-electron chi connectivity index (χ3n) is 3.48. The van der Waals surface area contributed by atoms with Crippen LogP contribution < -0.4 is 15.8 Å². The molecule has 0 saturated carbocycles. The molecule has 0 aliphatic carbocycles. The van der Waals surface area contributed by atoms with E-state index in [1.807, 2.05) is 6.07 Å². The quantitative estimate of drug-likeness (QED) is 0.715. The number of nitrogens with zero attached hydrogens (tertiary/aromatic N) is 1. The summed E-state index contributed by atoms with van der Waals surface area (Å²) in [6.45, 7) is 0.885. The number of rotatable bonds is 7. The zero-order valence-electron chi connectivity index (χ0n) is 14.5. The number of carbonyl (C=O) groups excluding carboxylic acids is 3. The molecular formula is C19H17N3O5. The summed E-state index contributed by atoms with van der Waals surface area (Å²) in [6, 6.07) is 14.6. The summed E-state index contributed by atoms with van der Waals surface area (Å²) in [4.78, 5) is 35.3. The Morgan fingerprint density at radius 1 is 1.15 bits per heavy atom. The van der Waals surface area contributed by atoms with Crippen LogP contribution in [-0.4, -0.2) is 30.5 Å². The molecule has 0 aromatic heterocycles. The van der Waals surface area contributed by atoms with Crippen molar-refractivity contribution in [2.24, 2.45) is 5.73 Å². The highest BCUT2D eigenvalue weighted by Crippen LogP contribution is 2.17. The van der Waals surface area contributed by atoms with Gasteiger partial charge < -0.3 is 20.5 Å². The van der Waals surface area contributed by atoms with Crippen LogP contribution in [0.1, 0.15) is 22.8 Å². The summed E-state index contributed by atoms with van der Waals surface area (Å²) in [6.07, 6.45) is -1.11. The third-order valence-corrected chi connectivity index (χ3v) is 3.48. The van der Waals surface area contributed by atoms with E-state index in [1.165, 1.54) is 19.1 Å². The fourth-order valence-corrected chi connectivity index (χ4v) is 2.14. The monoisotopic (exact) mass is 367 g/mol. The number of nitriles is 1. The third kappa shape index (κ3) is 5.31. The van der Waals surface area contributed by atoms with Crippen LogP contribution in [0.5, 0.6) is 5.75 Å². The molecule has 8 heteroatoms. The van der Waals surface area contributed by atoms with Gasteiger partial charge in [0.1, 0.15) is 11.8 Å². The van der Waals surface area contributed by atoms with E-state index < -0.39 is 30.5 Å². The average Bonchev–Trinajstić information content (AvgIpc) is 2.66. The molecule has 0 heterocycles. The summed E-state index contributed by atoms with van der Waals surface area (Å²) < 4.78 is 10.3. The van der Waals surface area contributed by atoms with Crippen LogP contribution in [0.25, 0.3) is 0 Å².